The summed E-state index contributed by atoms with van der Waals surface area (Å²) in [6.07, 6.45) is 0.181. The molecule has 0 radical (unpaired) electrons. The van der Waals surface area contributed by atoms with Gasteiger partial charge in [-0.1, -0.05) is 0 Å². The standard InChI is InChI=1S/C34H39F3N8O3/c1-18-12-22-24(19(2)41-42-22)26(23(18)29(36)37)27-28-21(6-8-38-27)25-30(43(28)4)39-32(40-31(25)44-10-11-47-16-33(3,46)15-44)48-17-34-7-5-9-45(34)14-20(35)13-34/h6,8,12,20,29,46H,5,7,9-11,13-17H2,1-4H3,(H,41,42)/t20-,33+,34+/m1/s1. The van der Waals surface area contributed by atoms with Gasteiger partial charge < -0.3 is 24.0 Å². The van der Waals surface area contributed by atoms with Gasteiger partial charge in [0.15, 0.2) is 0 Å². The highest BCUT2D eigenvalue weighted by Gasteiger charge is 2.49. The molecule has 2 N–H and O–H groups in total. The van der Waals surface area contributed by atoms with Crippen molar-refractivity contribution in [2.24, 2.45) is 7.05 Å². The van der Waals surface area contributed by atoms with E-state index < -0.39 is 23.7 Å². The molecular formula is C34H39F3N8O3. The maximum atomic E-state index is 14.9. The molecule has 0 saturated carbocycles. The summed E-state index contributed by atoms with van der Waals surface area (Å²) in [5.74, 6) is 0.530. The van der Waals surface area contributed by atoms with Crippen LogP contribution in [0.3, 0.4) is 0 Å². The Morgan fingerprint density at radius 3 is 2.85 bits per heavy atom. The monoisotopic (exact) mass is 664 g/mol. The summed E-state index contributed by atoms with van der Waals surface area (Å²) in [5, 5.41) is 20.5. The second-order valence-corrected chi connectivity index (χ2v) is 14.0. The van der Waals surface area contributed by atoms with Gasteiger partial charge in [-0.3, -0.25) is 15.0 Å². The molecule has 3 aliphatic rings. The number of nitrogens with one attached hydrogen (secondary N) is 1. The molecule has 14 heteroatoms. The van der Waals surface area contributed by atoms with Gasteiger partial charge in [-0.25, -0.2) is 13.2 Å². The molecule has 3 fully saturated rings. The molecule has 0 aliphatic carbocycles. The minimum atomic E-state index is -2.76. The van der Waals surface area contributed by atoms with Crippen LogP contribution < -0.4 is 9.64 Å². The third-order valence-corrected chi connectivity index (χ3v) is 10.4. The number of β-amino-alcohol motifs (C(OH)–C–C–N with tert-alkyl or cyclic N) is 1. The average molecular weight is 665 g/mol. The number of hydrogen-bond acceptors (Lipinski definition) is 9. The van der Waals surface area contributed by atoms with Gasteiger partial charge >= 0.3 is 6.01 Å². The van der Waals surface area contributed by atoms with Crippen molar-refractivity contribution in [1.29, 1.82) is 0 Å². The third-order valence-electron chi connectivity index (χ3n) is 10.4. The predicted molar refractivity (Wildman–Crippen MR) is 176 cm³/mol. The largest absolute Gasteiger partial charge is 0.461 e. The van der Waals surface area contributed by atoms with Crippen LogP contribution in [0, 0.1) is 13.8 Å². The Kier molecular flexibility index (Phi) is 7.35. The van der Waals surface area contributed by atoms with Gasteiger partial charge in [0, 0.05) is 60.3 Å². The first-order valence-corrected chi connectivity index (χ1v) is 16.5. The first-order chi connectivity index (χ1) is 23.0. The minimum absolute atomic E-state index is 0.101. The summed E-state index contributed by atoms with van der Waals surface area (Å²) in [6.45, 7) is 7.88. The second kappa shape index (κ2) is 11.3. The van der Waals surface area contributed by atoms with Crippen LogP contribution >= 0.6 is 0 Å². The van der Waals surface area contributed by atoms with E-state index in [1.165, 1.54) is 0 Å². The number of nitrogens with zero attached hydrogens (tertiary/aromatic N) is 7. The number of pyridine rings is 1. The van der Waals surface area contributed by atoms with Crippen LogP contribution in [-0.4, -0.2) is 103 Å². The molecule has 5 aromatic rings. The van der Waals surface area contributed by atoms with Crippen molar-refractivity contribution in [3.05, 3.63) is 35.2 Å². The molecule has 7 heterocycles. The van der Waals surface area contributed by atoms with E-state index in [4.69, 9.17) is 24.4 Å². The van der Waals surface area contributed by atoms with Crippen molar-refractivity contribution in [3.8, 4) is 17.3 Å². The highest BCUT2D eigenvalue weighted by atomic mass is 19.3. The molecular weight excluding hydrogens is 625 g/mol. The number of alkyl halides is 3. The van der Waals surface area contributed by atoms with E-state index >= 15 is 0 Å². The molecule has 0 bridgehead atoms. The lowest BCUT2D eigenvalue weighted by Gasteiger charge is -2.31. The van der Waals surface area contributed by atoms with E-state index in [1.807, 2.05) is 29.5 Å². The number of hydrogen-bond donors (Lipinski definition) is 2. The van der Waals surface area contributed by atoms with Gasteiger partial charge in [0.05, 0.1) is 47.4 Å². The Morgan fingerprint density at radius 2 is 2.04 bits per heavy atom. The lowest BCUT2D eigenvalue weighted by Crippen LogP contribution is -2.44. The molecule has 48 heavy (non-hydrogen) atoms. The molecule has 0 spiro atoms. The first kappa shape index (κ1) is 31.3. The Morgan fingerprint density at radius 1 is 1.21 bits per heavy atom. The first-order valence-electron chi connectivity index (χ1n) is 16.5. The summed E-state index contributed by atoms with van der Waals surface area (Å²) in [5.41, 5.74) is 1.81. The predicted octanol–water partition coefficient (Wildman–Crippen LogP) is 5.16. The molecule has 3 atom stereocenters. The molecule has 4 aromatic heterocycles. The van der Waals surface area contributed by atoms with Crippen molar-refractivity contribution < 1.29 is 27.8 Å². The van der Waals surface area contributed by atoms with E-state index in [0.29, 0.717) is 81.9 Å². The molecule has 8 rings (SSSR count). The van der Waals surface area contributed by atoms with Crippen LogP contribution in [0.4, 0.5) is 19.0 Å². The number of fused-ring (bicyclic) bond motifs is 5. The normalized spacial score (nSPS) is 25.2. The van der Waals surface area contributed by atoms with Crippen molar-refractivity contribution in [3.63, 3.8) is 0 Å². The number of rotatable bonds is 6. The van der Waals surface area contributed by atoms with E-state index in [9.17, 15) is 18.3 Å². The number of halogens is 3. The van der Waals surface area contributed by atoms with Crippen molar-refractivity contribution in [2.75, 3.05) is 50.9 Å². The van der Waals surface area contributed by atoms with Crippen molar-refractivity contribution >= 4 is 38.7 Å². The number of aromatic nitrogens is 6. The van der Waals surface area contributed by atoms with E-state index in [-0.39, 0.29) is 31.3 Å². The summed E-state index contributed by atoms with van der Waals surface area (Å²) >= 11 is 0. The summed E-state index contributed by atoms with van der Waals surface area (Å²) in [6, 6.07) is 3.64. The van der Waals surface area contributed by atoms with Gasteiger partial charge in [0.1, 0.15) is 29.8 Å². The van der Waals surface area contributed by atoms with Gasteiger partial charge in [-0.2, -0.15) is 15.1 Å². The van der Waals surface area contributed by atoms with Crippen LogP contribution in [-0.2, 0) is 11.8 Å². The fourth-order valence-electron chi connectivity index (χ4n) is 8.32. The van der Waals surface area contributed by atoms with E-state index in [2.05, 4.69) is 15.1 Å². The molecule has 0 unspecified atom stereocenters. The maximum Gasteiger partial charge on any atom is 0.320 e. The Bertz CT molecular complexity index is 2060. The maximum absolute atomic E-state index is 14.9. The third kappa shape index (κ3) is 4.90. The Labute approximate surface area is 275 Å². The molecule has 11 nitrogen and oxygen atoms in total. The number of aliphatic hydroxyl groups is 1. The van der Waals surface area contributed by atoms with Crippen LogP contribution in [0.2, 0.25) is 0 Å². The Hall–Kier alpha value is -4.01. The highest BCUT2D eigenvalue weighted by molar-refractivity contribution is 6.17. The molecule has 1 aromatic carbocycles. The number of aromatic amines is 1. The number of ether oxygens (including phenoxy) is 2. The quantitative estimate of drug-likeness (QED) is 0.254. The highest BCUT2D eigenvalue weighted by Crippen LogP contribution is 2.45. The summed E-state index contributed by atoms with van der Waals surface area (Å²) in [4.78, 5) is 18.7. The Balaban J connectivity index is 1.36. The van der Waals surface area contributed by atoms with Crippen LogP contribution in [0.25, 0.3) is 44.1 Å². The van der Waals surface area contributed by atoms with Crippen molar-refractivity contribution in [2.45, 2.75) is 63.8 Å². The van der Waals surface area contributed by atoms with E-state index in [0.717, 1.165) is 24.8 Å². The number of aryl methyl sites for hydroxylation is 3. The lowest BCUT2D eigenvalue weighted by molar-refractivity contribution is -0.0123. The number of benzene rings is 1. The topological polar surface area (TPSA) is 117 Å². The second-order valence-electron chi connectivity index (χ2n) is 14.0. The van der Waals surface area contributed by atoms with E-state index in [1.54, 1.807) is 26.1 Å². The van der Waals surface area contributed by atoms with Crippen LogP contribution in [0.1, 0.15) is 49.4 Å². The lowest BCUT2D eigenvalue weighted by atomic mass is 9.93. The number of H-pyrrole nitrogens is 1. The fourth-order valence-corrected chi connectivity index (χ4v) is 8.32. The zero-order valence-corrected chi connectivity index (χ0v) is 27.5. The smallest absolute Gasteiger partial charge is 0.320 e. The van der Waals surface area contributed by atoms with Gasteiger partial charge in [-0.05, 0) is 57.9 Å². The zero-order valence-electron chi connectivity index (χ0n) is 27.5. The fraction of sp³-hybridized carbons (Fsp3) is 0.529. The minimum Gasteiger partial charge on any atom is -0.461 e. The van der Waals surface area contributed by atoms with Gasteiger partial charge in [-0.15, -0.1) is 0 Å². The summed E-state index contributed by atoms with van der Waals surface area (Å²) < 4.78 is 58.3. The molecule has 3 aliphatic heterocycles. The van der Waals surface area contributed by atoms with Gasteiger partial charge in [0.2, 0.25) is 0 Å². The van der Waals surface area contributed by atoms with Crippen LogP contribution in [0.15, 0.2) is 18.3 Å². The van der Waals surface area contributed by atoms with Crippen molar-refractivity contribution in [1.82, 2.24) is 34.6 Å². The number of anilines is 1. The molecule has 3 saturated heterocycles. The zero-order chi connectivity index (χ0) is 33.5. The average Bonchev–Trinajstić information content (AvgIpc) is 3.73. The molecule has 254 valence electrons. The summed E-state index contributed by atoms with van der Waals surface area (Å²) in [7, 11) is 1.83. The van der Waals surface area contributed by atoms with Gasteiger partial charge in [0.25, 0.3) is 6.43 Å². The SMILES string of the molecule is Cc1cc2n[nH]c(C)c2c(-c2nccc3c4c(N5CCOC[C@@](C)(O)C5)nc(OC[C@@]56CCCN5C[C@H](F)C6)nc4n(C)c23)c1C(F)F. The van der Waals surface area contributed by atoms with Crippen LogP contribution in [0.5, 0.6) is 6.01 Å². The molecule has 0 amide bonds.